The van der Waals surface area contributed by atoms with E-state index in [1.807, 2.05) is 0 Å². The van der Waals surface area contributed by atoms with Crippen LogP contribution in [0.15, 0.2) is 42.5 Å². The summed E-state index contributed by atoms with van der Waals surface area (Å²) in [5, 5.41) is 3.83. The summed E-state index contributed by atoms with van der Waals surface area (Å²) in [6.45, 7) is 0.0187. The van der Waals surface area contributed by atoms with Gasteiger partial charge in [0.05, 0.1) is 5.02 Å². The lowest BCUT2D eigenvalue weighted by atomic mass is 10.3. The lowest BCUT2D eigenvalue weighted by Gasteiger charge is -2.10. The van der Waals surface area contributed by atoms with E-state index >= 15 is 0 Å². The van der Waals surface area contributed by atoms with E-state index in [0.29, 0.717) is 27.3 Å². The molecule has 0 atom stereocenters. The van der Waals surface area contributed by atoms with Gasteiger partial charge in [-0.2, -0.15) is 15.0 Å². The minimum atomic E-state index is -0.340. The first-order chi connectivity index (χ1) is 12.0. The van der Waals surface area contributed by atoms with Crippen molar-refractivity contribution in [2.75, 3.05) is 11.1 Å². The zero-order valence-corrected chi connectivity index (χ0v) is 14.2. The highest BCUT2D eigenvalue weighted by Crippen LogP contribution is 2.28. The van der Waals surface area contributed by atoms with Crippen LogP contribution in [0.5, 0.6) is 5.75 Å². The summed E-state index contributed by atoms with van der Waals surface area (Å²) >= 11 is 12.0. The van der Waals surface area contributed by atoms with E-state index in [2.05, 4.69) is 20.3 Å². The molecule has 25 heavy (non-hydrogen) atoms. The van der Waals surface area contributed by atoms with Gasteiger partial charge in [-0.1, -0.05) is 23.2 Å². The Hall–Kier alpha value is -2.64. The maximum atomic E-state index is 13.0. The molecule has 9 heteroatoms. The molecule has 1 heterocycles. The van der Waals surface area contributed by atoms with E-state index in [9.17, 15) is 4.39 Å². The van der Waals surface area contributed by atoms with Gasteiger partial charge >= 0.3 is 0 Å². The van der Waals surface area contributed by atoms with E-state index in [1.54, 1.807) is 30.3 Å². The van der Waals surface area contributed by atoms with Crippen molar-refractivity contribution >= 4 is 40.8 Å². The Morgan fingerprint density at radius 3 is 2.56 bits per heavy atom. The molecule has 128 valence electrons. The van der Waals surface area contributed by atoms with Gasteiger partial charge in [-0.25, -0.2) is 4.39 Å². The summed E-state index contributed by atoms with van der Waals surface area (Å²) in [6.07, 6.45) is 0. The number of nitrogen functional groups attached to an aromatic ring is 1. The number of nitrogens with zero attached hydrogens (tertiary/aromatic N) is 3. The van der Waals surface area contributed by atoms with Crippen molar-refractivity contribution in [3.8, 4) is 5.75 Å². The van der Waals surface area contributed by atoms with Gasteiger partial charge in [-0.15, -0.1) is 0 Å². The van der Waals surface area contributed by atoms with Crippen molar-refractivity contribution in [3.05, 3.63) is 64.2 Å². The van der Waals surface area contributed by atoms with E-state index < -0.39 is 0 Å². The lowest BCUT2D eigenvalue weighted by molar-refractivity contribution is 0.296. The number of rotatable bonds is 5. The predicted molar refractivity (Wildman–Crippen MR) is 94.7 cm³/mol. The number of ether oxygens (including phenoxy) is 1. The van der Waals surface area contributed by atoms with Crippen LogP contribution in [-0.2, 0) is 6.61 Å². The fourth-order valence-electron chi connectivity index (χ4n) is 1.95. The largest absolute Gasteiger partial charge is 0.484 e. The average Bonchev–Trinajstić information content (AvgIpc) is 2.57. The molecule has 2 aromatic carbocycles. The highest BCUT2D eigenvalue weighted by atomic mass is 35.5. The van der Waals surface area contributed by atoms with Crippen molar-refractivity contribution in [1.82, 2.24) is 15.0 Å². The summed E-state index contributed by atoms with van der Waals surface area (Å²) in [5.74, 6) is 0.604. The third-order valence-corrected chi connectivity index (χ3v) is 3.60. The highest BCUT2D eigenvalue weighted by Gasteiger charge is 2.08. The van der Waals surface area contributed by atoms with Crippen LogP contribution in [-0.4, -0.2) is 15.0 Å². The number of benzene rings is 2. The normalized spacial score (nSPS) is 10.5. The monoisotopic (exact) mass is 379 g/mol. The molecule has 0 aliphatic heterocycles. The second-order valence-electron chi connectivity index (χ2n) is 4.93. The fraction of sp³-hybridized carbons (Fsp3) is 0.0625. The van der Waals surface area contributed by atoms with Crippen LogP contribution in [0.4, 0.5) is 22.0 Å². The quantitative estimate of drug-likeness (QED) is 0.689. The Morgan fingerprint density at radius 2 is 1.80 bits per heavy atom. The van der Waals surface area contributed by atoms with E-state index in [-0.39, 0.29) is 24.3 Å². The second-order valence-corrected chi connectivity index (χ2v) is 5.77. The van der Waals surface area contributed by atoms with Crippen LogP contribution in [0.1, 0.15) is 5.82 Å². The number of hydrogen-bond acceptors (Lipinski definition) is 6. The van der Waals surface area contributed by atoms with Gasteiger partial charge < -0.3 is 15.8 Å². The summed E-state index contributed by atoms with van der Waals surface area (Å²) in [5.41, 5.74) is 6.30. The molecule has 3 aromatic rings. The van der Waals surface area contributed by atoms with Crippen LogP contribution >= 0.6 is 23.2 Å². The van der Waals surface area contributed by atoms with Gasteiger partial charge in [-0.05, 0) is 36.4 Å². The maximum absolute atomic E-state index is 13.0. The first kappa shape index (κ1) is 17.2. The predicted octanol–water partition coefficient (Wildman–Crippen LogP) is 4.22. The van der Waals surface area contributed by atoms with E-state index in [4.69, 9.17) is 33.7 Å². The van der Waals surface area contributed by atoms with Crippen molar-refractivity contribution in [3.63, 3.8) is 0 Å². The Balaban J connectivity index is 1.75. The van der Waals surface area contributed by atoms with Gasteiger partial charge in [0.15, 0.2) is 5.82 Å². The molecule has 0 spiro atoms. The number of hydrogen-bond donors (Lipinski definition) is 2. The molecular formula is C16H12Cl2FN5O. The van der Waals surface area contributed by atoms with E-state index in [0.717, 1.165) is 0 Å². The molecule has 1 aromatic heterocycles. The summed E-state index contributed by atoms with van der Waals surface area (Å²) in [4.78, 5) is 12.2. The van der Waals surface area contributed by atoms with Crippen LogP contribution in [0.25, 0.3) is 0 Å². The maximum Gasteiger partial charge on any atom is 0.232 e. The third kappa shape index (κ3) is 4.68. The second kappa shape index (κ2) is 7.50. The molecular weight excluding hydrogens is 368 g/mol. The van der Waals surface area contributed by atoms with Gasteiger partial charge in [-0.3, -0.25) is 0 Å². The first-order valence-electron chi connectivity index (χ1n) is 7.10. The Bertz CT molecular complexity index is 892. The van der Waals surface area contributed by atoms with Crippen molar-refractivity contribution in [1.29, 1.82) is 0 Å². The highest BCUT2D eigenvalue weighted by molar-refractivity contribution is 6.34. The average molecular weight is 380 g/mol. The minimum Gasteiger partial charge on any atom is -0.484 e. The molecule has 6 nitrogen and oxygen atoms in total. The van der Waals surface area contributed by atoms with Gasteiger partial charge in [0.1, 0.15) is 18.2 Å². The molecule has 0 radical (unpaired) electrons. The van der Waals surface area contributed by atoms with Crippen LogP contribution < -0.4 is 15.8 Å². The SMILES string of the molecule is Nc1nc(COc2cc(Cl)ccc2Cl)nc(Nc2ccc(F)cc2)n1. The lowest BCUT2D eigenvalue weighted by Crippen LogP contribution is -2.09. The molecule has 0 fully saturated rings. The first-order valence-corrected chi connectivity index (χ1v) is 7.86. The number of nitrogens with two attached hydrogens (primary N) is 1. The molecule has 0 bridgehead atoms. The number of nitrogens with one attached hydrogen (secondary N) is 1. The standard InChI is InChI=1S/C16H12Cl2FN5O/c17-9-1-6-12(18)13(7-9)25-8-14-22-15(20)24-16(23-14)21-11-4-2-10(19)3-5-11/h1-7H,8H2,(H3,20,21,22,23,24). The molecule has 0 amide bonds. The topological polar surface area (TPSA) is 86.0 Å². The minimum absolute atomic E-state index is 0.0187. The summed E-state index contributed by atoms with van der Waals surface area (Å²) in [6, 6.07) is 10.6. The van der Waals surface area contributed by atoms with Crippen molar-refractivity contribution < 1.29 is 9.13 Å². The molecule has 0 aliphatic rings. The molecule has 3 N–H and O–H groups in total. The van der Waals surface area contributed by atoms with Gasteiger partial charge in [0.2, 0.25) is 11.9 Å². The van der Waals surface area contributed by atoms with Gasteiger partial charge in [0, 0.05) is 16.8 Å². The smallest absolute Gasteiger partial charge is 0.232 e. The number of halogens is 3. The molecule has 0 saturated carbocycles. The number of aromatic nitrogens is 3. The van der Waals surface area contributed by atoms with Crippen molar-refractivity contribution in [2.45, 2.75) is 6.61 Å². The van der Waals surface area contributed by atoms with E-state index in [1.165, 1.54) is 12.1 Å². The molecule has 0 aliphatic carbocycles. The summed E-state index contributed by atoms with van der Waals surface area (Å²) < 4.78 is 18.5. The molecule has 3 rings (SSSR count). The third-order valence-electron chi connectivity index (χ3n) is 3.05. The summed E-state index contributed by atoms with van der Waals surface area (Å²) in [7, 11) is 0. The van der Waals surface area contributed by atoms with Crippen LogP contribution in [0.2, 0.25) is 10.0 Å². The zero-order chi connectivity index (χ0) is 17.8. The zero-order valence-electron chi connectivity index (χ0n) is 12.7. The van der Waals surface area contributed by atoms with Crippen molar-refractivity contribution in [2.24, 2.45) is 0 Å². The molecule has 0 saturated heterocycles. The Morgan fingerprint density at radius 1 is 1.04 bits per heavy atom. The number of anilines is 3. The van der Waals surface area contributed by atoms with Gasteiger partial charge in [0.25, 0.3) is 0 Å². The Labute approximate surface area is 152 Å². The fourth-order valence-corrected chi connectivity index (χ4v) is 2.29. The van der Waals surface area contributed by atoms with Crippen LogP contribution in [0.3, 0.4) is 0 Å². The molecule has 0 unspecified atom stereocenters. The Kier molecular flexibility index (Phi) is 5.16. The van der Waals surface area contributed by atoms with Crippen LogP contribution in [0, 0.1) is 5.82 Å².